The molecule has 138 valence electrons. The Bertz CT molecular complexity index is 898. The van der Waals surface area contributed by atoms with Crippen LogP contribution in [0.3, 0.4) is 0 Å². The first kappa shape index (κ1) is 17.2. The number of nitrogens with zero attached hydrogens (tertiary/aromatic N) is 1. The average molecular weight is 356 g/mol. The van der Waals surface area contributed by atoms with Crippen LogP contribution in [-0.4, -0.2) is 47.3 Å². The molecule has 2 aromatic rings. The Kier molecular flexibility index (Phi) is 4.32. The third-order valence-corrected chi connectivity index (χ3v) is 5.98. The molecular weight excluding hydrogens is 332 g/mol. The van der Waals surface area contributed by atoms with E-state index in [1.807, 2.05) is 31.2 Å². The number of aromatic amines is 1. The molecule has 6 heteroatoms. The van der Waals surface area contributed by atoms with Crippen LogP contribution < -0.4 is 5.56 Å². The number of benzene rings is 1. The van der Waals surface area contributed by atoms with Gasteiger partial charge in [0, 0.05) is 49.3 Å². The van der Waals surface area contributed by atoms with Crippen LogP contribution in [-0.2, 0) is 16.1 Å². The normalized spacial score (nSPS) is 22.9. The second-order valence-electron chi connectivity index (χ2n) is 7.75. The maximum absolute atomic E-state index is 12.5. The summed E-state index contributed by atoms with van der Waals surface area (Å²) in [6.45, 7) is 4.90. The third kappa shape index (κ3) is 3.04. The molecule has 6 nitrogen and oxygen atoms in total. The molecule has 2 saturated heterocycles. The first-order valence-electron chi connectivity index (χ1n) is 9.12. The second kappa shape index (κ2) is 6.52. The summed E-state index contributed by atoms with van der Waals surface area (Å²) in [5.41, 5.74) is 2.30. The van der Waals surface area contributed by atoms with Gasteiger partial charge < -0.3 is 14.8 Å². The van der Waals surface area contributed by atoms with E-state index in [2.05, 4.69) is 9.88 Å². The number of aliphatic carboxylic acids is 1. The summed E-state index contributed by atoms with van der Waals surface area (Å²) in [7, 11) is 0. The van der Waals surface area contributed by atoms with Crippen molar-refractivity contribution in [2.45, 2.75) is 26.3 Å². The Hall–Kier alpha value is -2.18. The Morgan fingerprint density at radius 1 is 1.35 bits per heavy atom. The number of ether oxygens (including phenoxy) is 1. The molecular formula is C20H24N2O4. The number of rotatable bonds is 3. The molecule has 4 rings (SSSR count). The summed E-state index contributed by atoms with van der Waals surface area (Å²) in [6, 6.07) is 7.93. The van der Waals surface area contributed by atoms with Crippen LogP contribution in [0.2, 0.25) is 0 Å². The Balaban J connectivity index is 1.60. The van der Waals surface area contributed by atoms with Gasteiger partial charge in [0.2, 0.25) is 0 Å². The number of carboxylic acid groups (broad SMARTS) is 1. The third-order valence-electron chi connectivity index (χ3n) is 5.98. The zero-order chi connectivity index (χ0) is 18.3. The van der Waals surface area contributed by atoms with Crippen LogP contribution in [0, 0.1) is 18.3 Å². The summed E-state index contributed by atoms with van der Waals surface area (Å²) in [6.07, 6.45) is 1.54. The first-order chi connectivity index (χ1) is 12.5. The van der Waals surface area contributed by atoms with Crippen molar-refractivity contribution < 1.29 is 14.6 Å². The van der Waals surface area contributed by atoms with Gasteiger partial charge in [-0.2, -0.15) is 0 Å². The van der Waals surface area contributed by atoms with Crippen molar-refractivity contribution in [1.29, 1.82) is 0 Å². The predicted octanol–water partition coefficient (Wildman–Crippen LogP) is 2.15. The molecule has 26 heavy (non-hydrogen) atoms. The van der Waals surface area contributed by atoms with E-state index in [0.717, 1.165) is 29.3 Å². The van der Waals surface area contributed by atoms with Gasteiger partial charge in [-0.3, -0.25) is 14.5 Å². The highest BCUT2D eigenvalue weighted by Crippen LogP contribution is 2.44. The fraction of sp³-hybridized carbons (Fsp3) is 0.500. The molecule has 0 aliphatic carbocycles. The molecule has 1 atom stereocenters. The summed E-state index contributed by atoms with van der Waals surface area (Å²) in [5.74, 6) is -1.13. The van der Waals surface area contributed by atoms with Gasteiger partial charge >= 0.3 is 5.97 Å². The zero-order valence-electron chi connectivity index (χ0n) is 15.0. The lowest BCUT2D eigenvalue weighted by Gasteiger charge is -2.36. The molecule has 1 aromatic carbocycles. The van der Waals surface area contributed by atoms with Crippen molar-refractivity contribution in [1.82, 2.24) is 9.88 Å². The maximum atomic E-state index is 12.5. The quantitative estimate of drug-likeness (QED) is 0.881. The summed E-state index contributed by atoms with van der Waals surface area (Å²) < 4.78 is 5.45. The van der Waals surface area contributed by atoms with E-state index in [4.69, 9.17) is 4.74 Å². The van der Waals surface area contributed by atoms with Gasteiger partial charge in [0.1, 0.15) is 0 Å². The van der Waals surface area contributed by atoms with Crippen LogP contribution in [0.15, 0.2) is 29.1 Å². The van der Waals surface area contributed by atoms with E-state index in [-0.39, 0.29) is 11.0 Å². The molecule has 1 unspecified atom stereocenters. The largest absolute Gasteiger partial charge is 0.481 e. The second-order valence-corrected chi connectivity index (χ2v) is 7.75. The lowest BCUT2D eigenvalue weighted by molar-refractivity contribution is -0.147. The highest BCUT2D eigenvalue weighted by molar-refractivity contribution is 5.79. The highest BCUT2D eigenvalue weighted by Gasteiger charge is 2.50. The van der Waals surface area contributed by atoms with E-state index in [9.17, 15) is 14.7 Å². The van der Waals surface area contributed by atoms with E-state index >= 15 is 0 Å². The number of aryl methyl sites for hydroxylation is 1. The number of hydrogen-bond acceptors (Lipinski definition) is 4. The molecule has 2 aliphatic rings. The van der Waals surface area contributed by atoms with Crippen LogP contribution in [0.25, 0.3) is 10.9 Å². The lowest BCUT2D eigenvalue weighted by atomic mass is 9.72. The average Bonchev–Trinajstić information content (AvgIpc) is 2.94. The molecule has 3 heterocycles. The predicted molar refractivity (Wildman–Crippen MR) is 98.2 cm³/mol. The lowest BCUT2D eigenvalue weighted by Crippen LogP contribution is -2.40. The van der Waals surface area contributed by atoms with Crippen LogP contribution >= 0.6 is 0 Å². The zero-order valence-corrected chi connectivity index (χ0v) is 15.0. The molecule has 0 saturated carbocycles. The van der Waals surface area contributed by atoms with Gasteiger partial charge in [0.05, 0.1) is 5.92 Å². The van der Waals surface area contributed by atoms with Crippen molar-refractivity contribution in [3.05, 3.63) is 45.7 Å². The number of pyridine rings is 1. The number of hydrogen-bond donors (Lipinski definition) is 2. The fourth-order valence-corrected chi connectivity index (χ4v) is 4.54. The highest BCUT2D eigenvalue weighted by atomic mass is 16.5. The molecule has 1 spiro atoms. The molecule has 2 fully saturated rings. The molecule has 2 N–H and O–H groups in total. The number of carboxylic acids is 1. The molecule has 1 aromatic heterocycles. The molecule has 0 amide bonds. The molecule has 0 radical (unpaired) electrons. The van der Waals surface area contributed by atoms with E-state index in [0.29, 0.717) is 38.4 Å². The minimum absolute atomic E-state index is 0.0945. The van der Waals surface area contributed by atoms with Gasteiger partial charge in [-0.1, -0.05) is 12.1 Å². The molecule has 2 aliphatic heterocycles. The molecule has 0 bridgehead atoms. The summed E-state index contributed by atoms with van der Waals surface area (Å²) in [5, 5.41) is 10.7. The van der Waals surface area contributed by atoms with Crippen molar-refractivity contribution in [3.8, 4) is 0 Å². The summed E-state index contributed by atoms with van der Waals surface area (Å²) >= 11 is 0. The number of aromatic nitrogens is 1. The number of nitrogens with one attached hydrogen (secondary N) is 1. The van der Waals surface area contributed by atoms with E-state index in [1.165, 1.54) is 0 Å². The van der Waals surface area contributed by atoms with Crippen LogP contribution in [0.1, 0.15) is 24.0 Å². The van der Waals surface area contributed by atoms with E-state index in [1.54, 1.807) is 0 Å². The Labute approximate surface area is 151 Å². The van der Waals surface area contributed by atoms with Crippen LogP contribution in [0.4, 0.5) is 0 Å². The minimum atomic E-state index is -0.739. The van der Waals surface area contributed by atoms with Gasteiger partial charge in [-0.05, 0) is 42.8 Å². The Morgan fingerprint density at radius 2 is 2.12 bits per heavy atom. The van der Waals surface area contributed by atoms with Crippen molar-refractivity contribution in [2.75, 3.05) is 26.3 Å². The minimum Gasteiger partial charge on any atom is -0.481 e. The number of fused-ring (bicyclic) bond motifs is 1. The smallest absolute Gasteiger partial charge is 0.308 e. The van der Waals surface area contributed by atoms with Gasteiger partial charge in [-0.15, -0.1) is 0 Å². The maximum Gasteiger partial charge on any atom is 0.308 e. The van der Waals surface area contributed by atoms with Crippen LogP contribution in [0.5, 0.6) is 0 Å². The number of carbonyl (C=O) groups is 1. The van der Waals surface area contributed by atoms with Crippen molar-refractivity contribution in [2.24, 2.45) is 11.3 Å². The fourth-order valence-electron chi connectivity index (χ4n) is 4.54. The first-order valence-corrected chi connectivity index (χ1v) is 9.12. The monoisotopic (exact) mass is 356 g/mol. The van der Waals surface area contributed by atoms with Crippen molar-refractivity contribution in [3.63, 3.8) is 0 Å². The number of likely N-dealkylation sites (tertiary alicyclic amines) is 1. The van der Waals surface area contributed by atoms with Crippen molar-refractivity contribution >= 4 is 16.9 Å². The van der Waals surface area contributed by atoms with Gasteiger partial charge in [-0.25, -0.2) is 0 Å². The van der Waals surface area contributed by atoms with Gasteiger partial charge in [0.25, 0.3) is 5.56 Å². The standard InChI is InChI=1S/C20H24N2O4/c1-13-2-3-14-9-15(18(23)21-17(14)8-13)10-22-11-16(19(24)25)20(12-22)4-6-26-7-5-20/h2-3,8-9,16H,4-7,10-12H2,1H3,(H,21,23)(H,24,25). The SMILES string of the molecule is Cc1ccc2cc(CN3CC(C(=O)O)C4(CCOCC4)C3)c(=O)[nH]c2c1. The van der Waals surface area contributed by atoms with Gasteiger partial charge in [0.15, 0.2) is 0 Å². The summed E-state index contributed by atoms with van der Waals surface area (Å²) in [4.78, 5) is 29.4. The van der Waals surface area contributed by atoms with E-state index < -0.39 is 11.9 Å². The Morgan fingerprint density at radius 3 is 2.85 bits per heavy atom. The topological polar surface area (TPSA) is 82.6 Å². The number of H-pyrrole nitrogens is 1.